The molecule has 1 amide bonds. The minimum absolute atomic E-state index is 0.135. The van der Waals surface area contributed by atoms with E-state index in [0.717, 1.165) is 5.01 Å². The van der Waals surface area contributed by atoms with Crippen molar-refractivity contribution >= 4 is 17.2 Å². The second-order valence-corrected chi connectivity index (χ2v) is 4.64. The molecule has 0 bridgehead atoms. The lowest BCUT2D eigenvalue weighted by Gasteiger charge is -2.09. The Balaban J connectivity index is 2.36. The molecular formula is C10H16N2O2S. The molecule has 1 rings (SSSR count). The molecule has 4 nitrogen and oxygen atoms in total. The Morgan fingerprint density at radius 2 is 2.47 bits per heavy atom. The fraction of sp³-hybridized carbons (Fsp3) is 0.600. The number of nitrogens with one attached hydrogen (secondary N) is 1. The average Bonchev–Trinajstić information content (AvgIpc) is 2.62. The Hall–Kier alpha value is -0.940. The van der Waals surface area contributed by atoms with E-state index in [0.29, 0.717) is 24.6 Å². The van der Waals surface area contributed by atoms with Crippen LogP contribution in [0.25, 0.3) is 0 Å². The third-order valence-corrected chi connectivity index (χ3v) is 2.86. The Morgan fingerprint density at radius 3 is 3.00 bits per heavy atom. The van der Waals surface area contributed by atoms with Crippen LogP contribution in [0.5, 0.6) is 0 Å². The summed E-state index contributed by atoms with van der Waals surface area (Å²) in [5.74, 6) is 0.155. The number of carbonyl (C=O) groups excluding carboxylic acids is 1. The first kappa shape index (κ1) is 12.1. The highest BCUT2D eigenvalue weighted by Gasteiger charge is 2.10. The molecule has 1 atom stereocenters. The smallest absolute Gasteiger partial charge is 0.270 e. The van der Waals surface area contributed by atoms with Crippen molar-refractivity contribution in [2.45, 2.75) is 20.3 Å². The zero-order valence-corrected chi connectivity index (χ0v) is 9.80. The number of hydrogen-bond acceptors (Lipinski definition) is 4. The van der Waals surface area contributed by atoms with Gasteiger partial charge in [-0.3, -0.25) is 4.79 Å². The van der Waals surface area contributed by atoms with Gasteiger partial charge in [0.05, 0.1) is 5.01 Å². The Kier molecular flexibility index (Phi) is 4.71. The van der Waals surface area contributed by atoms with E-state index in [1.165, 1.54) is 11.3 Å². The number of nitrogens with zero attached hydrogens (tertiary/aromatic N) is 1. The standard InChI is InChI=1S/C10H16N2O2S/c1-7(3-4-13)5-11-10(14)9-6-15-8(2)12-9/h6-7,13H,3-5H2,1-2H3,(H,11,14). The van der Waals surface area contributed by atoms with Gasteiger partial charge < -0.3 is 10.4 Å². The summed E-state index contributed by atoms with van der Waals surface area (Å²) in [6.07, 6.45) is 0.705. The van der Waals surface area contributed by atoms with Gasteiger partial charge in [-0.05, 0) is 19.3 Å². The molecule has 1 unspecified atom stereocenters. The zero-order valence-electron chi connectivity index (χ0n) is 8.99. The highest BCUT2D eigenvalue weighted by molar-refractivity contribution is 7.09. The van der Waals surface area contributed by atoms with Crippen LogP contribution in [-0.2, 0) is 0 Å². The largest absolute Gasteiger partial charge is 0.396 e. The Labute approximate surface area is 93.4 Å². The van der Waals surface area contributed by atoms with Crippen molar-refractivity contribution < 1.29 is 9.90 Å². The monoisotopic (exact) mass is 228 g/mol. The van der Waals surface area contributed by atoms with Gasteiger partial charge in [-0.25, -0.2) is 4.98 Å². The van der Waals surface area contributed by atoms with Crippen LogP contribution in [0.15, 0.2) is 5.38 Å². The molecule has 0 aliphatic heterocycles. The van der Waals surface area contributed by atoms with E-state index in [1.807, 2.05) is 13.8 Å². The third-order valence-electron chi connectivity index (χ3n) is 2.08. The van der Waals surface area contributed by atoms with Gasteiger partial charge in [0.2, 0.25) is 0 Å². The normalized spacial score (nSPS) is 12.5. The number of aryl methyl sites for hydroxylation is 1. The number of hydrogen-bond donors (Lipinski definition) is 2. The minimum Gasteiger partial charge on any atom is -0.396 e. The summed E-state index contributed by atoms with van der Waals surface area (Å²) in [4.78, 5) is 15.6. The maximum absolute atomic E-state index is 11.5. The lowest BCUT2D eigenvalue weighted by molar-refractivity contribution is 0.0941. The number of aliphatic hydroxyl groups is 1. The van der Waals surface area contributed by atoms with Crippen molar-refractivity contribution in [2.75, 3.05) is 13.2 Å². The van der Waals surface area contributed by atoms with Gasteiger partial charge in [-0.2, -0.15) is 0 Å². The molecule has 1 aromatic heterocycles. The molecule has 5 heteroatoms. The second kappa shape index (κ2) is 5.82. The van der Waals surface area contributed by atoms with Crippen LogP contribution in [0.4, 0.5) is 0 Å². The van der Waals surface area contributed by atoms with Crippen LogP contribution < -0.4 is 5.32 Å². The molecule has 0 saturated carbocycles. The van der Waals surface area contributed by atoms with Crippen molar-refractivity contribution in [2.24, 2.45) is 5.92 Å². The molecule has 84 valence electrons. The summed E-state index contributed by atoms with van der Waals surface area (Å²) in [7, 11) is 0. The molecule has 1 heterocycles. The molecule has 0 radical (unpaired) electrons. The molecule has 0 aliphatic rings. The molecular weight excluding hydrogens is 212 g/mol. The van der Waals surface area contributed by atoms with Crippen molar-refractivity contribution in [3.05, 3.63) is 16.1 Å². The molecule has 0 aliphatic carbocycles. The van der Waals surface area contributed by atoms with Gasteiger partial charge in [0.25, 0.3) is 5.91 Å². The van der Waals surface area contributed by atoms with E-state index in [-0.39, 0.29) is 12.5 Å². The van der Waals surface area contributed by atoms with E-state index in [1.54, 1.807) is 5.38 Å². The summed E-state index contributed by atoms with van der Waals surface area (Å²) in [5, 5.41) is 14.1. The minimum atomic E-state index is -0.135. The number of rotatable bonds is 5. The van der Waals surface area contributed by atoms with Crippen LogP contribution in [0.2, 0.25) is 0 Å². The Morgan fingerprint density at radius 1 is 1.73 bits per heavy atom. The Bertz CT molecular complexity index is 325. The van der Waals surface area contributed by atoms with Crippen LogP contribution in [-0.4, -0.2) is 29.1 Å². The number of aromatic nitrogens is 1. The molecule has 0 aromatic carbocycles. The summed E-state index contributed by atoms with van der Waals surface area (Å²) < 4.78 is 0. The fourth-order valence-corrected chi connectivity index (χ4v) is 1.74. The molecule has 0 fully saturated rings. The van der Waals surface area contributed by atoms with Gasteiger partial charge in [-0.1, -0.05) is 6.92 Å². The van der Waals surface area contributed by atoms with Gasteiger partial charge in [-0.15, -0.1) is 11.3 Å². The molecule has 1 aromatic rings. The van der Waals surface area contributed by atoms with Crippen LogP contribution in [0.1, 0.15) is 28.8 Å². The van der Waals surface area contributed by atoms with E-state index < -0.39 is 0 Å². The van der Waals surface area contributed by atoms with Gasteiger partial charge in [0, 0.05) is 18.5 Å². The first-order valence-corrected chi connectivity index (χ1v) is 5.82. The zero-order chi connectivity index (χ0) is 11.3. The molecule has 15 heavy (non-hydrogen) atoms. The molecule has 0 spiro atoms. The quantitative estimate of drug-likeness (QED) is 0.796. The van der Waals surface area contributed by atoms with Crippen molar-refractivity contribution in [3.63, 3.8) is 0 Å². The molecule has 0 saturated heterocycles. The lowest BCUT2D eigenvalue weighted by Crippen LogP contribution is -2.28. The summed E-state index contributed by atoms with van der Waals surface area (Å²) in [6.45, 7) is 4.60. The average molecular weight is 228 g/mol. The number of amides is 1. The van der Waals surface area contributed by atoms with Crippen LogP contribution >= 0.6 is 11.3 Å². The van der Waals surface area contributed by atoms with Crippen molar-refractivity contribution in [3.8, 4) is 0 Å². The highest BCUT2D eigenvalue weighted by atomic mass is 32.1. The van der Waals surface area contributed by atoms with E-state index >= 15 is 0 Å². The maximum atomic E-state index is 11.5. The molecule has 2 N–H and O–H groups in total. The summed E-state index contributed by atoms with van der Waals surface area (Å²) in [6, 6.07) is 0. The van der Waals surface area contributed by atoms with Gasteiger partial charge in [0.1, 0.15) is 5.69 Å². The van der Waals surface area contributed by atoms with Gasteiger partial charge >= 0.3 is 0 Å². The van der Waals surface area contributed by atoms with Crippen molar-refractivity contribution in [1.82, 2.24) is 10.3 Å². The van der Waals surface area contributed by atoms with Crippen LogP contribution in [0, 0.1) is 12.8 Å². The van der Waals surface area contributed by atoms with E-state index in [2.05, 4.69) is 10.3 Å². The van der Waals surface area contributed by atoms with E-state index in [9.17, 15) is 4.79 Å². The number of carbonyl (C=O) groups is 1. The third kappa shape index (κ3) is 3.97. The number of thiazole rings is 1. The number of aliphatic hydroxyl groups excluding tert-OH is 1. The van der Waals surface area contributed by atoms with Gasteiger partial charge in [0.15, 0.2) is 0 Å². The lowest BCUT2D eigenvalue weighted by atomic mass is 10.1. The topological polar surface area (TPSA) is 62.2 Å². The predicted molar refractivity (Wildman–Crippen MR) is 60.1 cm³/mol. The highest BCUT2D eigenvalue weighted by Crippen LogP contribution is 2.07. The van der Waals surface area contributed by atoms with Crippen LogP contribution in [0.3, 0.4) is 0 Å². The SMILES string of the molecule is Cc1nc(C(=O)NCC(C)CCO)cs1. The van der Waals surface area contributed by atoms with Crippen molar-refractivity contribution in [1.29, 1.82) is 0 Å². The first-order chi connectivity index (χ1) is 7.13. The predicted octanol–water partition coefficient (Wildman–Crippen LogP) is 1.20. The van der Waals surface area contributed by atoms with E-state index in [4.69, 9.17) is 5.11 Å². The maximum Gasteiger partial charge on any atom is 0.270 e. The summed E-state index contributed by atoms with van der Waals surface area (Å²) in [5.41, 5.74) is 0.480. The second-order valence-electron chi connectivity index (χ2n) is 3.58. The summed E-state index contributed by atoms with van der Waals surface area (Å²) >= 11 is 1.47. The fourth-order valence-electron chi connectivity index (χ4n) is 1.15. The first-order valence-electron chi connectivity index (χ1n) is 4.94.